The van der Waals surface area contributed by atoms with Crippen LogP contribution in [0.15, 0.2) is 23.4 Å². The molecule has 0 bridgehead atoms. The Bertz CT molecular complexity index is 528. The zero-order valence-electron chi connectivity index (χ0n) is 9.85. The second kappa shape index (κ2) is 4.23. The molecule has 0 amide bonds. The predicted molar refractivity (Wildman–Crippen MR) is 66.4 cm³/mol. The maximum absolute atomic E-state index is 12.3. The van der Waals surface area contributed by atoms with Gasteiger partial charge in [-0.05, 0) is 17.9 Å². The van der Waals surface area contributed by atoms with E-state index in [0.717, 1.165) is 6.42 Å². The van der Waals surface area contributed by atoms with E-state index in [1.54, 1.807) is 0 Å². The molecule has 0 aromatic carbocycles. The minimum atomic E-state index is -3.50. The quantitative estimate of drug-likeness (QED) is 0.830. The molecule has 1 saturated heterocycles. The maximum Gasteiger partial charge on any atom is 0.246 e. The highest BCUT2D eigenvalue weighted by molar-refractivity contribution is 7.89. The number of nitrogens with zero attached hydrogens (tertiary/aromatic N) is 2. The summed E-state index contributed by atoms with van der Waals surface area (Å²) >= 11 is 5.91. The van der Waals surface area contributed by atoms with E-state index >= 15 is 0 Å². The standard InChI is InChI=1S/C11H15ClN2O2S/c1-11(2)4-6-14(8-11)17(15,16)10-7-13-5-3-9(10)12/h3,5,7H,4,6,8H2,1-2H3. The average molecular weight is 275 g/mol. The Balaban J connectivity index is 2.36. The molecule has 0 N–H and O–H groups in total. The summed E-state index contributed by atoms with van der Waals surface area (Å²) < 4.78 is 26.2. The van der Waals surface area contributed by atoms with Gasteiger partial charge in [-0.25, -0.2) is 8.42 Å². The van der Waals surface area contributed by atoms with Crippen molar-refractivity contribution in [2.24, 2.45) is 5.41 Å². The third kappa shape index (κ3) is 2.46. The van der Waals surface area contributed by atoms with Gasteiger partial charge in [-0.1, -0.05) is 25.4 Å². The van der Waals surface area contributed by atoms with Crippen molar-refractivity contribution in [3.05, 3.63) is 23.5 Å². The van der Waals surface area contributed by atoms with E-state index in [1.807, 2.05) is 0 Å². The third-order valence-electron chi connectivity index (χ3n) is 2.99. The molecule has 2 rings (SSSR count). The molecule has 2 heterocycles. The van der Waals surface area contributed by atoms with E-state index < -0.39 is 10.0 Å². The van der Waals surface area contributed by atoms with Crippen molar-refractivity contribution in [3.63, 3.8) is 0 Å². The largest absolute Gasteiger partial charge is 0.263 e. The van der Waals surface area contributed by atoms with Gasteiger partial charge in [-0.15, -0.1) is 0 Å². The number of hydrogen-bond donors (Lipinski definition) is 0. The van der Waals surface area contributed by atoms with E-state index in [1.165, 1.54) is 22.8 Å². The molecule has 94 valence electrons. The van der Waals surface area contributed by atoms with E-state index in [9.17, 15) is 8.42 Å². The molecule has 1 aromatic rings. The summed E-state index contributed by atoms with van der Waals surface area (Å²) in [5.41, 5.74) is 0.0295. The molecular weight excluding hydrogens is 260 g/mol. The normalized spacial score (nSPS) is 20.6. The predicted octanol–water partition coefficient (Wildman–Crippen LogP) is 2.16. The highest BCUT2D eigenvalue weighted by Crippen LogP contribution is 2.34. The molecule has 0 radical (unpaired) electrons. The number of halogens is 1. The highest BCUT2D eigenvalue weighted by Gasteiger charge is 2.37. The second-order valence-corrected chi connectivity index (χ2v) is 7.37. The molecule has 6 heteroatoms. The fourth-order valence-corrected chi connectivity index (χ4v) is 4.00. The SMILES string of the molecule is CC1(C)CCN(S(=O)(=O)c2cnccc2Cl)C1. The fraction of sp³-hybridized carbons (Fsp3) is 0.545. The summed E-state index contributed by atoms with van der Waals surface area (Å²) in [6, 6.07) is 1.50. The van der Waals surface area contributed by atoms with Crippen LogP contribution in [-0.4, -0.2) is 30.8 Å². The van der Waals surface area contributed by atoms with Crippen LogP contribution in [0.3, 0.4) is 0 Å². The Morgan fingerprint density at radius 3 is 2.71 bits per heavy atom. The van der Waals surface area contributed by atoms with Crippen LogP contribution in [0, 0.1) is 5.41 Å². The molecule has 1 aromatic heterocycles. The number of aromatic nitrogens is 1. The lowest BCUT2D eigenvalue weighted by Gasteiger charge is -2.19. The summed E-state index contributed by atoms with van der Waals surface area (Å²) in [4.78, 5) is 3.93. The highest BCUT2D eigenvalue weighted by atomic mass is 35.5. The van der Waals surface area contributed by atoms with Gasteiger partial charge in [0.25, 0.3) is 0 Å². The number of sulfonamides is 1. The molecule has 1 aliphatic heterocycles. The van der Waals surface area contributed by atoms with Gasteiger partial charge >= 0.3 is 0 Å². The van der Waals surface area contributed by atoms with E-state index in [4.69, 9.17) is 11.6 Å². The van der Waals surface area contributed by atoms with Crippen molar-refractivity contribution in [3.8, 4) is 0 Å². The minimum Gasteiger partial charge on any atom is -0.263 e. The topological polar surface area (TPSA) is 50.3 Å². The summed E-state index contributed by atoms with van der Waals surface area (Å²) in [7, 11) is -3.50. The summed E-state index contributed by atoms with van der Waals surface area (Å²) in [6.45, 7) is 5.20. The Kier molecular flexibility index (Phi) is 3.18. The van der Waals surface area contributed by atoms with E-state index in [-0.39, 0.29) is 15.3 Å². The molecule has 1 fully saturated rings. The molecular formula is C11H15ClN2O2S. The first-order valence-electron chi connectivity index (χ1n) is 5.43. The van der Waals surface area contributed by atoms with E-state index in [0.29, 0.717) is 13.1 Å². The zero-order chi connectivity index (χ0) is 12.7. The first kappa shape index (κ1) is 12.8. The number of hydrogen-bond acceptors (Lipinski definition) is 3. The third-order valence-corrected chi connectivity index (χ3v) is 5.31. The Morgan fingerprint density at radius 2 is 2.18 bits per heavy atom. The number of pyridine rings is 1. The van der Waals surface area contributed by atoms with Crippen molar-refractivity contribution in [1.29, 1.82) is 0 Å². The smallest absolute Gasteiger partial charge is 0.246 e. The molecule has 4 nitrogen and oxygen atoms in total. The monoisotopic (exact) mass is 274 g/mol. The fourth-order valence-electron chi connectivity index (χ4n) is 1.96. The van der Waals surface area contributed by atoms with Gasteiger partial charge < -0.3 is 0 Å². The van der Waals surface area contributed by atoms with Gasteiger partial charge in [-0.3, -0.25) is 4.98 Å². The lowest BCUT2D eigenvalue weighted by molar-refractivity contribution is 0.375. The van der Waals surface area contributed by atoms with Crippen LogP contribution in [0.2, 0.25) is 5.02 Å². The summed E-state index contributed by atoms with van der Waals surface area (Å²) in [6.07, 6.45) is 3.66. The molecule has 0 saturated carbocycles. The van der Waals surface area contributed by atoms with Crippen LogP contribution in [0.4, 0.5) is 0 Å². The van der Waals surface area contributed by atoms with E-state index in [2.05, 4.69) is 18.8 Å². The van der Waals surface area contributed by atoms with Crippen molar-refractivity contribution in [2.75, 3.05) is 13.1 Å². The van der Waals surface area contributed by atoms with Crippen LogP contribution >= 0.6 is 11.6 Å². The van der Waals surface area contributed by atoms with Crippen LogP contribution in [0.1, 0.15) is 20.3 Å². The Labute approximate surface area is 107 Å². The molecule has 0 atom stereocenters. The van der Waals surface area contributed by atoms with Gasteiger partial charge in [0.05, 0.1) is 5.02 Å². The number of rotatable bonds is 2. The molecule has 0 unspecified atom stereocenters. The van der Waals surface area contributed by atoms with Crippen LogP contribution in [0.25, 0.3) is 0 Å². The first-order chi connectivity index (χ1) is 7.83. The lowest BCUT2D eigenvalue weighted by Crippen LogP contribution is -2.30. The molecule has 0 spiro atoms. The summed E-state index contributed by atoms with van der Waals surface area (Å²) in [5.74, 6) is 0. The van der Waals surface area contributed by atoms with Gasteiger partial charge in [-0.2, -0.15) is 4.31 Å². The van der Waals surface area contributed by atoms with Crippen molar-refractivity contribution in [1.82, 2.24) is 9.29 Å². The van der Waals surface area contributed by atoms with Gasteiger partial charge in [0.1, 0.15) is 4.90 Å². The first-order valence-corrected chi connectivity index (χ1v) is 7.24. The van der Waals surface area contributed by atoms with Gasteiger partial charge in [0.2, 0.25) is 10.0 Å². The molecule has 0 aliphatic carbocycles. The van der Waals surface area contributed by atoms with Gasteiger partial charge in [0.15, 0.2) is 0 Å². The summed E-state index contributed by atoms with van der Waals surface area (Å²) in [5, 5.41) is 0.227. The average Bonchev–Trinajstić information content (AvgIpc) is 2.60. The minimum absolute atomic E-state index is 0.0295. The Hall–Kier alpha value is -0.650. The van der Waals surface area contributed by atoms with Crippen molar-refractivity contribution >= 4 is 21.6 Å². The van der Waals surface area contributed by atoms with Crippen molar-refractivity contribution < 1.29 is 8.42 Å². The van der Waals surface area contributed by atoms with Crippen molar-refractivity contribution in [2.45, 2.75) is 25.2 Å². The Morgan fingerprint density at radius 1 is 1.47 bits per heavy atom. The van der Waals surface area contributed by atoms with Crippen LogP contribution in [0.5, 0.6) is 0 Å². The van der Waals surface area contributed by atoms with Crippen LogP contribution in [-0.2, 0) is 10.0 Å². The second-order valence-electron chi connectivity index (χ2n) is 5.06. The molecule has 17 heavy (non-hydrogen) atoms. The molecule has 1 aliphatic rings. The van der Waals surface area contributed by atoms with Gasteiger partial charge in [0, 0.05) is 25.5 Å². The van der Waals surface area contributed by atoms with Crippen LogP contribution < -0.4 is 0 Å². The lowest BCUT2D eigenvalue weighted by atomic mass is 9.93. The zero-order valence-corrected chi connectivity index (χ0v) is 11.4. The maximum atomic E-state index is 12.3.